The second-order valence-electron chi connectivity index (χ2n) is 6.55. The number of unbranched alkanes of at least 4 members (excludes halogenated alkanes) is 1. The maximum absolute atomic E-state index is 4.03. The van der Waals surface area contributed by atoms with Crippen LogP contribution in [0.1, 0.15) is 66.7 Å². The van der Waals surface area contributed by atoms with Gasteiger partial charge in [-0.3, -0.25) is 0 Å². The smallest absolute Gasteiger partial charge is 0.00557 e. The Bertz CT molecular complexity index is 221. The summed E-state index contributed by atoms with van der Waals surface area (Å²) in [6.45, 7) is 19.6. The zero-order valence-corrected chi connectivity index (χ0v) is 12.7. The van der Waals surface area contributed by atoms with Crippen LogP contribution in [-0.2, 0) is 0 Å². The van der Waals surface area contributed by atoms with Crippen molar-refractivity contribution in [1.82, 2.24) is 0 Å². The Kier molecular flexibility index (Phi) is 6.82. The summed E-state index contributed by atoms with van der Waals surface area (Å²) in [7, 11) is 0. The highest BCUT2D eigenvalue weighted by Crippen LogP contribution is 2.38. The fraction of sp³-hybridized carbons (Fsp3) is 0.765. The topological polar surface area (TPSA) is 0 Å². The third-order valence-corrected chi connectivity index (χ3v) is 4.33. The summed E-state index contributed by atoms with van der Waals surface area (Å²) in [4.78, 5) is 0. The quantitative estimate of drug-likeness (QED) is 0.454. The van der Waals surface area contributed by atoms with E-state index >= 15 is 0 Å². The van der Waals surface area contributed by atoms with Crippen LogP contribution in [0.15, 0.2) is 25.3 Å². The van der Waals surface area contributed by atoms with Gasteiger partial charge < -0.3 is 0 Å². The predicted octanol–water partition coefficient (Wildman–Crippen LogP) is 6.00. The molecular formula is C17H32. The molecule has 0 rings (SSSR count). The minimum absolute atomic E-state index is 0.162. The van der Waals surface area contributed by atoms with E-state index in [1.807, 2.05) is 0 Å². The summed E-state index contributed by atoms with van der Waals surface area (Å²) in [5.74, 6) is 0.739. The van der Waals surface area contributed by atoms with Crippen molar-refractivity contribution in [1.29, 1.82) is 0 Å². The van der Waals surface area contributed by atoms with E-state index in [-0.39, 0.29) is 5.41 Å². The van der Waals surface area contributed by atoms with Gasteiger partial charge in [-0.15, -0.1) is 13.2 Å². The molecule has 0 aliphatic rings. The molecule has 0 fully saturated rings. The lowest BCUT2D eigenvalue weighted by atomic mass is 9.73. The van der Waals surface area contributed by atoms with Crippen molar-refractivity contribution in [2.24, 2.45) is 16.7 Å². The molecule has 0 nitrogen and oxygen atoms in total. The summed E-state index contributed by atoms with van der Waals surface area (Å²) >= 11 is 0. The van der Waals surface area contributed by atoms with E-state index in [9.17, 15) is 0 Å². The lowest BCUT2D eigenvalue weighted by molar-refractivity contribution is 0.220. The second kappa shape index (κ2) is 7.03. The summed E-state index contributed by atoms with van der Waals surface area (Å²) < 4.78 is 0. The van der Waals surface area contributed by atoms with Gasteiger partial charge in [-0.1, -0.05) is 59.6 Å². The fourth-order valence-electron chi connectivity index (χ4n) is 2.04. The minimum Gasteiger partial charge on any atom is -0.102 e. The zero-order chi connectivity index (χ0) is 13.5. The summed E-state index contributed by atoms with van der Waals surface area (Å²) in [5, 5.41) is 0. The zero-order valence-electron chi connectivity index (χ0n) is 12.7. The Morgan fingerprint density at radius 1 is 1.06 bits per heavy atom. The Hall–Kier alpha value is -0.520. The van der Waals surface area contributed by atoms with E-state index in [0.29, 0.717) is 5.41 Å². The van der Waals surface area contributed by atoms with Crippen LogP contribution in [0, 0.1) is 16.7 Å². The summed E-state index contributed by atoms with van der Waals surface area (Å²) in [6, 6.07) is 0. The SMILES string of the molecule is C=CC(C=C)(CCCC)CCC(C)C(C)(C)C. The molecule has 0 aromatic carbocycles. The molecule has 0 heteroatoms. The average molecular weight is 236 g/mol. The van der Waals surface area contributed by atoms with Gasteiger partial charge in [-0.2, -0.15) is 0 Å². The molecule has 0 bridgehead atoms. The highest BCUT2D eigenvalue weighted by molar-refractivity contribution is 5.06. The van der Waals surface area contributed by atoms with E-state index in [1.54, 1.807) is 0 Å². The van der Waals surface area contributed by atoms with Crippen LogP contribution < -0.4 is 0 Å². The van der Waals surface area contributed by atoms with Gasteiger partial charge in [0.15, 0.2) is 0 Å². The minimum atomic E-state index is 0.162. The van der Waals surface area contributed by atoms with E-state index in [1.165, 1.54) is 32.1 Å². The molecule has 0 amide bonds. The maximum Gasteiger partial charge on any atom is 0.00557 e. The average Bonchev–Trinajstić information content (AvgIpc) is 2.28. The maximum atomic E-state index is 4.03. The van der Waals surface area contributed by atoms with Gasteiger partial charge in [0, 0.05) is 5.41 Å². The number of rotatable bonds is 8. The van der Waals surface area contributed by atoms with Crippen LogP contribution in [0.25, 0.3) is 0 Å². The van der Waals surface area contributed by atoms with E-state index < -0.39 is 0 Å². The molecule has 0 saturated heterocycles. The molecule has 17 heavy (non-hydrogen) atoms. The van der Waals surface area contributed by atoms with Crippen molar-refractivity contribution in [2.45, 2.75) is 66.7 Å². The largest absolute Gasteiger partial charge is 0.102 e. The monoisotopic (exact) mass is 236 g/mol. The first-order valence-corrected chi connectivity index (χ1v) is 7.08. The lowest BCUT2D eigenvalue weighted by Gasteiger charge is -2.32. The van der Waals surface area contributed by atoms with E-state index in [4.69, 9.17) is 0 Å². The normalized spacial score (nSPS) is 14.4. The van der Waals surface area contributed by atoms with E-state index in [2.05, 4.69) is 59.9 Å². The molecule has 0 aromatic heterocycles. The second-order valence-corrected chi connectivity index (χ2v) is 6.55. The number of hydrogen-bond donors (Lipinski definition) is 0. The van der Waals surface area contributed by atoms with Gasteiger partial charge in [0.05, 0.1) is 0 Å². The van der Waals surface area contributed by atoms with Crippen LogP contribution >= 0.6 is 0 Å². The highest BCUT2D eigenvalue weighted by atomic mass is 14.3. The standard InChI is InChI=1S/C17H32/c1-8-11-13-17(9-2,10-3)14-12-15(4)16(5,6)7/h9-10,15H,2-3,8,11-14H2,1,4-7H3. The molecular weight excluding hydrogens is 204 g/mol. The Balaban J connectivity index is 4.45. The molecule has 0 aliphatic heterocycles. The van der Waals surface area contributed by atoms with E-state index in [0.717, 1.165) is 5.92 Å². The molecule has 100 valence electrons. The van der Waals surface area contributed by atoms with Crippen LogP contribution in [0.2, 0.25) is 0 Å². The molecule has 0 saturated carbocycles. The van der Waals surface area contributed by atoms with Crippen molar-refractivity contribution < 1.29 is 0 Å². The van der Waals surface area contributed by atoms with Gasteiger partial charge in [0.25, 0.3) is 0 Å². The van der Waals surface area contributed by atoms with Crippen molar-refractivity contribution in [3.05, 3.63) is 25.3 Å². The van der Waals surface area contributed by atoms with Gasteiger partial charge in [0.1, 0.15) is 0 Å². The highest BCUT2D eigenvalue weighted by Gasteiger charge is 2.26. The van der Waals surface area contributed by atoms with Crippen LogP contribution in [-0.4, -0.2) is 0 Å². The lowest BCUT2D eigenvalue weighted by Crippen LogP contribution is -2.21. The molecule has 0 aromatic rings. The first kappa shape index (κ1) is 16.5. The Morgan fingerprint density at radius 2 is 1.59 bits per heavy atom. The molecule has 0 N–H and O–H groups in total. The first-order valence-electron chi connectivity index (χ1n) is 7.08. The van der Waals surface area contributed by atoms with Gasteiger partial charge in [0.2, 0.25) is 0 Å². The third kappa shape index (κ3) is 5.57. The molecule has 1 unspecified atom stereocenters. The third-order valence-electron chi connectivity index (χ3n) is 4.33. The van der Waals surface area contributed by atoms with Crippen molar-refractivity contribution >= 4 is 0 Å². The predicted molar refractivity (Wildman–Crippen MR) is 80.2 cm³/mol. The first-order chi connectivity index (χ1) is 7.81. The summed E-state index contributed by atoms with van der Waals surface area (Å²) in [5.41, 5.74) is 0.564. The van der Waals surface area contributed by atoms with Crippen LogP contribution in [0.3, 0.4) is 0 Å². The molecule has 0 spiro atoms. The molecule has 1 atom stereocenters. The van der Waals surface area contributed by atoms with Gasteiger partial charge >= 0.3 is 0 Å². The van der Waals surface area contributed by atoms with Crippen molar-refractivity contribution in [3.8, 4) is 0 Å². The van der Waals surface area contributed by atoms with Crippen LogP contribution in [0.4, 0.5) is 0 Å². The Labute approximate surface area is 109 Å². The summed E-state index contributed by atoms with van der Waals surface area (Å²) in [6.07, 6.45) is 10.4. The fourth-order valence-corrected chi connectivity index (χ4v) is 2.04. The van der Waals surface area contributed by atoms with Gasteiger partial charge in [-0.05, 0) is 30.6 Å². The molecule has 0 radical (unpaired) electrons. The van der Waals surface area contributed by atoms with Crippen LogP contribution in [0.5, 0.6) is 0 Å². The molecule has 0 heterocycles. The molecule has 0 aliphatic carbocycles. The van der Waals surface area contributed by atoms with Crippen molar-refractivity contribution in [3.63, 3.8) is 0 Å². The number of allylic oxidation sites excluding steroid dienone is 2. The number of hydrogen-bond acceptors (Lipinski definition) is 0. The van der Waals surface area contributed by atoms with Crippen molar-refractivity contribution in [2.75, 3.05) is 0 Å². The Morgan fingerprint density at radius 3 is 1.94 bits per heavy atom. The van der Waals surface area contributed by atoms with Gasteiger partial charge in [-0.25, -0.2) is 0 Å².